The molecule has 1 rings (SSSR count). The van der Waals surface area contributed by atoms with Crippen molar-refractivity contribution in [2.45, 2.75) is 46.0 Å². The lowest BCUT2D eigenvalue weighted by molar-refractivity contribution is -0.115. The number of amides is 1. The van der Waals surface area contributed by atoms with Gasteiger partial charge in [0.05, 0.1) is 4.91 Å². The first-order valence-electron chi connectivity index (χ1n) is 5.32. The lowest BCUT2D eigenvalue weighted by Gasteiger charge is -2.01. The third-order valence-electron chi connectivity index (χ3n) is 2.42. The van der Waals surface area contributed by atoms with Crippen LogP contribution in [0.5, 0.6) is 0 Å². The molecule has 15 heavy (non-hydrogen) atoms. The lowest BCUT2D eigenvalue weighted by atomic mass is 10.1. The van der Waals surface area contributed by atoms with Crippen LogP contribution in [0, 0.1) is 0 Å². The second-order valence-electron chi connectivity index (χ2n) is 3.69. The molecule has 0 aromatic carbocycles. The molecule has 1 amide bonds. The topological polar surface area (TPSA) is 63.2 Å². The average Bonchev–Trinajstić information content (AvgIpc) is 2.35. The monoisotopic (exact) mass is 231 g/mol. The van der Waals surface area contributed by atoms with Crippen molar-refractivity contribution in [1.29, 1.82) is 0 Å². The summed E-state index contributed by atoms with van der Waals surface area (Å²) in [6.45, 7) is 3.92. The van der Waals surface area contributed by atoms with Gasteiger partial charge in [0.25, 0.3) is 15.9 Å². The summed E-state index contributed by atoms with van der Waals surface area (Å²) in [6, 6.07) is 0. The minimum absolute atomic E-state index is 0.309. The van der Waals surface area contributed by atoms with Gasteiger partial charge in [0.15, 0.2) is 0 Å². The molecule has 1 heterocycles. The van der Waals surface area contributed by atoms with Crippen LogP contribution in [0.1, 0.15) is 46.0 Å². The van der Waals surface area contributed by atoms with Crippen LogP contribution in [0.4, 0.5) is 0 Å². The molecule has 0 atom stereocenters. The molecule has 1 aliphatic rings. The van der Waals surface area contributed by atoms with Gasteiger partial charge in [0.2, 0.25) is 0 Å². The van der Waals surface area contributed by atoms with Crippen LogP contribution in [0.3, 0.4) is 0 Å². The van der Waals surface area contributed by atoms with E-state index in [1.54, 1.807) is 0 Å². The third-order valence-corrected chi connectivity index (χ3v) is 3.97. The predicted molar refractivity (Wildman–Crippen MR) is 58.5 cm³/mol. The highest BCUT2D eigenvalue weighted by atomic mass is 32.2. The van der Waals surface area contributed by atoms with E-state index in [1.807, 2.05) is 18.6 Å². The number of unbranched alkanes of at least 4 members (excludes halogenated alkanes) is 1. The molecule has 0 bridgehead atoms. The van der Waals surface area contributed by atoms with Gasteiger partial charge in [-0.25, -0.2) is 13.1 Å². The zero-order valence-electron chi connectivity index (χ0n) is 9.17. The van der Waals surface area contributed by atoms with Crippen molar-refractivity contribution in [3.8, 4) is 0 Å². The Balaban J connectivity index is 3.00. The summed E-state index contributed by atoms with van der Waals surface area (Å²) in [7, 11) is -3.50. The Bertz CT molecular complexity index is 381. The molecule has 0 aromatic rings. The Kier molecular flexibility index (Phi) is 3.90. The van der Waals surface area contributed by atoms with E-state index in [0.29, 0.717) is 23.3 Å². The highest BCUT2D eigenvalue weighted by molar-refractivity contribution is 7.94. The van der Waals surface area contributed by atoms with Crippen molar-refractivity contribution in [2.24, 2.45) is 0 Å². The van der Waals surface area contributed by atoms with Gasteiger partial charge in [-0.15, -0.1) is 0 Å². The molecular weight excluding hydrogens is 214 g/mol. The standard InChI is InChI=1S/C10H17NO3S/c1-3-5-7-8-9(6-4-2)15(13,14)11-10(8)12/h3-7H2,1-2H3,(H,11,12). The Morgan fingerprint density at radius 2 is 1.80 bits per heavy atom. The van der Waals surface area contributed by atoms with Crippen molar-refractivity contribution in [3.63, 3.8) is 0 Å². The van der Waals surface area contributed by atoms with Crippen LogP contribution in [0.25, 0.3) is 0 Å². The van der Waals surface area contributed by atoms with Crippen LogP contribution < -0.4 is 4.72 Å². The molecule has 0 fully saturated rings. The minimum atomic E-state index is -3.50. The van der Waals surface area contributed by atoms with Gasteiger partial charge in [-0.2, -0.15) is 0 Å². The zero-order chi connectivity index (χ0) is 11.5. The van der Waals surface area contributed by atoms with Crippen molar-refractivity contribution in [3.05, 3.63) is 10.5 Å². The molecule has 0 saturated heterocycles. The molecule has 0 spiro atoms. The van der Waals surface area contributed by atoms with Crippen molar-refractivity contribution < 1.29 is 13.2 Å². The maximum atomic E-state index is 11.5. The normalized spacial score (nSPS) is 19.5. The van der Waals surface area contributed by atoms with Crippen LogP contribution >= 0.6 is 0 Å². The quantitative estimate of drug-likeness (QED) is 0.783. The van der Waals surface area contributed by atoms with Crippen LogP contribution in [0.2, 0.25) is 0 Å². The SMILES string of the molecule is CCCCC1=C(CCC)S(=O)(=O)NC1=O. The number of carbonyl (C=O) groups is 1. The number of allylic oxidation sites excluding steroid dienone is 1. The van der Waals surface area contributed by atoms with Crippen LogP contribution in [0.15, 0.2) is 10.5 Å². The molecule has 86 valence electrons. The van der Waals surface area contributed by atoms with Gasteiger partial charge in [-0.3, -0.25) is 4.79 Å². The Morgan fingerprint density at radius 1 is 1.13 bits per heavy atom. The molecular formula is C10H17NO3S. The number of sulfonamides is 1. The van der Waals surface area contributed by atoms with Gasteiger partial charge in [0, 0.05) is 5.57 Å². The molecule has 1 aliphatic heterocycles. The van der Waals surface area contributed by atoms with E-state index in [1.165, 1.54) is 0 Å². The molecule has 0 unspecified atom stereocenters. The van der Waals surface area contributed by atoms with E-state index in [-0.39, 0.29) is 0 Å². The fourth-order valence-electron chi connectivity index (χ4n) is 1.65. The molecule has 0 aliphatic carbocycles. The van der Waals surface area contributed by atoms with E-state index in [0.717, 1.165) is 19.3 Å². The van der Waals surface area contributed by atoms with E-state index in [2.05, 4.69) is 0 Å². The predicted octanol–water partition coefficient (Wildman–Crippen LogP) is 1.69. The van der Waals surface area contributed by atoms with Gasteiger partial charge in [0.1, 0.15) is 0 Å². The summed E-state index contributed by atoms with van der Waals surface area (Å²) in [5.41, 5.74) is 0.471. The maximum absolute atomic E-state index is 11.5. The smallest absolute Gasteiger partial charge is 0.261 e. The van der Waals surface area contributed by atoms with Crippen LogP contribution in [-0.2, 0) is 14.8 Å². The number of nitrogens with one attached hydrogen (secondary N) is 1. The van der Waals surface area contributed by atoms with Crippen molar-refractivity contribution >= 4 is 15.9 Å². The first-order chi connectivity index (χ1) is 7.03. The third kappa shape index (κ3) is 2.59. The van der Waals surface area contributed by atoms with E-state index >= 15 is 0 Å². The Hall–Kier alpha value is -0.840. The highest BCUT2D eigenvalue weighted by Gasteiger charge is 2.33. The molecule has 0 saturated carbocycles. The summed E-state index contributed by atoms with van der Waals surface area (Å²) < 4.78 is 25.1. The largest absolute Gasteiger partial charge is 0.269 e. The molecule has 0 radical (unpaired) electrons. The van der Waals surface area contributed by atoms with E-state index in [4.69, 9.17) is 0 Å². The number of rotatable bonds is 5. The second kappa shape index (κ2) is 4.79. The minimum Gasteiger partial charge on any atom is -0.269 e. The lowest BCUT2D eigenvalue weighted by Crippen LogP contribution is -2.23. The summed E-state index contributed by atoms with van der Waals surface area (Å²) in [5.74, 6) is -0.424. The Morgan fingerprint density at radius 3 is 2.33 bits per heavy atom. The zero-order valence-corrected chi connectivity index (χ0v) is 9.99. The van der Waals surface area contributed by atoms with Gasteiger partial charge >= 0.3 is 0 Å². The number of carbonyl (C=O) groups excluding carboxylic acids is 1. The first-order valence-corrected chi connectivity index (χ1v) is 6.80. The van der Waals surface area contributed by atoms with Gasteiger partial charge in [-0.05, 0) is 19.3 Å². The summed E-state index contributed by atoms with van der Waals surface area (Å²) in [4.78, 5) is 11.7. The van der Waals surface area contributed by atoms with Crippen molar-refractivity contribution in [2.75, 3.05) is 0 Å². The van der Waals surface area contributed by atoms with E-state index < -0.39 is 15.9 Å². The van der Waals surface area contributed by atoms with Crippen molar-refractivity contribution in [1.82, 2.24) is 4.72 Å². The molecule has 1 N–H and O–H groups in total. The van der Waals surface area contributed by atoms with Gasteiger partial charge < -0.3 is 0 Å². The first kappa shape index (κ1) is 12.2. The molecule has 5 heteroatoms. The van der Waals surface area contributed by atoms with Crippen LogP contribution in [-0.4, -0.2) is 14.3 Å². The van der Waals surface area contributed by atoms with Gasteiger partial charge in [-0.1, -0.05) is 26.7 Å². The number of hydrogen-bond donors (Lipinski definition) is 1. The highest BCUT2D eigenvalue weighted by Crippen LogP contribution is 2.26. The molecule has 0 aromatic heterocycles. The Labute approximate surface area is 90.8 Å². The summed E-state index contributed by atoms with van der Waals surface area (Å²) in [6.07, 6.45) is 3.57. The maximum Gasteiger partial charge on any atom is 0.261 e. The fraction of sp³-hybridized carbons (Fsp3) is 0.700. The van der Waals surface area contributed by atoms with E-state index in [9.17, 15) is 13.2 Å². The number of hydrogen-bond acceptors (Lipinski definition) is 3. The summed E-state index contributed by atoms with van der Waals surface area (Å²) in [5, 5.41) is 0. The fourth-order valence-corrected chi connectivity index (χ4v) is 3.14. The molecule has 4 nitrogen and oxygen atoms in total. The average molecular weight is 231 g/mol. The summed E-state index contributed by atoms with van der Waals surface area (Å²) >= 11 is 0. The second-order valence-corrected chi connectivity index (χ2v) is 5.39.